The molecule has 1 atom stereocenters. The summed E-state index contributed by atoms with van der Waals surface area (Å²) in [6.07, 6.45) is 5.50. The van der Waals surface area contributed by atoms with Crippen LogP contribution in [0.4, 0.5) is 0 Å². The van der Waals surface area contributed by atoms with Crippen LogP contribution in [0.1, 0.15) is 27.8 Å². The number of amides is 1. The van der Waals surface area contributed by atoms with Crippen molar-refractivity contribution in [3.8, 4) is 0 Å². The SMILES string of the molecule is COCCn1cc2c(n1)[C@@H](CNC(=O)c1ccncn1)OCC2. The van der Waals surface area contributed by atoms with Gasteiger partial charge in [0.2, 0.25) is 0 Å². The molecule has 2 aromatic rings. The van der Waals surface area contributed by atoms with Gasteiger partial charge in [-0.15, -0.1) is 0 Å². The molecule has 0 fully saturated rings. The zero-order valence-electron chi connectivity index (χ0n) is 12.9. The molecule has 1 N–H and O–H groups in total. The Morgan fingerprint density at radius 3 is 3.26 bits per heavy atom. The van der Waals surface area contributed by atoms with Crippen molar-refractivity contribution in [2.24, 2.45) is 0 Å². The van der Waals surface area contributed by atoms with Gasteiger partial charge in [0.05, 0.1) is 25.5 Å². The number of hydrogen-bond donors (Lipinski definition) is 1. The first-order valence-electron chi connectivity index (χ1n) is 7.49. The maximum Gasteiger partial charge on any atom is 0.270 e. The summed E-state index contributed by atoms with van der Waals surface area (Å²) in [6, 6.07) is 1.57. The number of nitrogens with one attached hydrogen (secondary N) is 1. The number of fused-ring (bicyclic) bond motifs is 1. The zero-order chi connectivity index (χ0) is 16.1. The van der Waals surface area contributed by atoms with Crippen LogP contribution in [0.15, 0.2) is 24.8 Å². The Balaban J connectivity index is 1.64. The molecule has 1 amide bonds. The van der Waals surface area contributed by atoms with Crippen molar-refractivity contribution >= 4 is 5.91 Å². The first-order valence-corrected chi connectivity index (χ1v) is 7.49. The summed E-state index contributed by atoms with van der Waals surface area (Å²) in [4.78, 5) is 19.8. The van der Waals surface area contributed by atoms with Crippen molar-refractivity contribution in [1.29, 1.82) is 0 Å². The number of ether oxygens (including phenoxy) is 2. The van der Waals surface area contributed by atoms with E-state index in [1.165, 1.54) is 12.5 Å². The van der Waals surface area contributed by atoms with Crippen LogP contribution in [0.5, 0.6) is 0 Å². The van der Waals surface area contributed by atoms with E-state index in [-0.39, 0.29) is 12.0 Å². The maximum atomic E-state index is 12.0. The number of hydrogen-bond acceptors (Lipinski definition) is 6. The van der Waals surface area contributed by atoms with Crippen LogP contribution >= 0.6 is 0 Å². The first kappa shape index (κ1) is 15.6. The van der Waals surface area contributed by atoms with Gasteiger partial charge in [-0.05, 0) is 18.1 Å². The highest BCUT2D eigenvalue weighted by Crippen LogP contribution is 2.25. The number of carbonyl (C=O) groups excluding carboxylic acids is 1. The van der Waals surface area contributed by atoms with Gasteiger partial charge in [-0.1, -0.05) is 0 Å². The molecule has 0 radical (unpaired) electrons. The third kappa shape index (κ3) is 3.72. The molecule has 0 aromatic carbocycles. The van der Waals surface area contributed by atoms with E-state index >= 15 is 0 Å². The summed E-state index contributed by atoms with van der Waals surface area (Å²) in [6.45, 7) is 2.29. The Bertz CT molecular complexity index is 658. The van der Waals surface area contributed by atoms with Crippen LogP contribution in [0, 0.1) is 0 Å². The fourth-order valence-electron chi connectivity index (χ4n) is 2.49. The van der Waals surface area contributed by atoms with E-state index in [1.807, 2.05) is 10.9 Å². The van der Waals surface area contributed by atoms with Gasteiger partial charge in [0.25, 0.3) is 5.91 Å². The van der Waals surface area contributed by atoms with Crippen molar-refractivity contribution in [2.75, 3.05) is 26.9 Å². The summed E-state index contributed by atoms with van der Waals surface area (Å²) in [5.74, 6) is -0.248. The van der Waals surface area contributed by atoms with Crippen molar-refractivity contribution in [1.82, 2.24) is 25.1 Å². The Morgan fingerprint density at radius 2 is 2.48 bits per heavy atom. The molecule has 0 bridgehead atoms. The fourth-order valence-corrected chi connectivity index (χ4v) is 2.49. The Kier molecular flexibility index (Phi) is 4.94. The molecule has 0 unspecified atom stereocenters. The normalized spacial score (nSPS) is 16.8. The number of rotatable bonds is 6. The Morgan fingerprint density at radius 1 is 1.57 bits per heavy atom. The maximum absolute atomic E-state index is 12.0. The molecule has 8 nitrogen and oxygen atoms in total. The van der Waals surface area contributed by atoms with E-state index in [0.29, 0.717) is 32.0 Å². The first-order chi connectivity index (χ1) is 11.3. The Hall–Kier alpha value is -2.32. The molecule has 2 aromatic heterocycles. The molecule has 8 heteroatoms. The molecule has 1 aliphatic heterocycles. The molecular formula is C15H19N5O3. The number of methoxy groups -OCH3 is 1. The lowest BCUT2D eigenvalue weighted by molar-refractivity contribution is 0.0382. The fraction of sp³-hybridized carbons (Fsp3) is 0.467. The highest BCUT2D eigenvalue weighted by molar-refractivity contribution is 5.92. The molecule has 1 aliphatic rings. The van der Waals surface area contributed by atoms with Gasteiger partial charge < -0.3 is 14.8 Å². The van der Waals surface area contributed by atoms with Crippen LogP contribution in [0.25, 0.3) is 0 Å². The molecule has 23 heavy (non-hydrogen) atoms. The molecule has 3 rings (SSSR count). The topological polar surface area (TPSA) is 91.2 Å². The lowest BCUT2D eigenvalue weighted by Crippen LogP contribution is -2.32. The largest absolute Gasteiger partial charge is 0.383 e. The monoisotopic (exact) mass is 317 g/mol. The third-order valence-electron chi connectivity index (χ3n) is 3.65. The van der Waals surface area contributed by atoms with E-state index < -0.39 is 0 Å². The van der Waals surface area contributed by atoms with Crippen LogP contribution in [-0.2, 0) is 22.4 Å². The zero-order valence-corrected chi connectivity index (χ0v) is 12.9. The van der Waals surface area contributed by atoms with Gasteiger partial charge in [0, 0.05) is 26.0 Å². The van der Waals surface area contributed by atoms with Gasteiger partial charge in [-0.3, -0.25) is 9.48 Å². The second-order valence-corrected chi connectivity index (χ2v) is 5.21. The van der Waals surface area contributed by atoms with Crippen LogP contribution in [0.3, 0.4) is 0 Å². The summed E-state index contributed by atoms with van der Waals surface area (Å²) in [7, 11) is 1.66. The quantitative estimate of drug-likeness (QED) is 0.827. The van der Waals surface area contributed by atoms with Gasteiger partial charge in [-0.25, -0.2) is 9.97 Å². The molecule has 0 spiro atoms. The molecule has 122 valence electrons. The highest BCUT2D eigenvalue weighted by atomic mass is 16.5. The van der Waals surface area contributed by atoms with Crippen molar-refractivity contribution < 1.29 is 14.3 Å². The second-order valence-electron chi connectivity index (χ2n) is 5.21. The summed E-state index contributed by atoms with van der Waals surface area (Å²) >= 11 is 0. The van der Waals surface area contributed by atoms with Crippen LogP contribution in [-0.4, -0.2) is 52.5 Å². The number of carbonyl (C=O) groups is 1. The number of nitrogens with zero attached hydrogens (tertiary/aromatic N) is 4. The standard InChI is InChI=1S/C15H19N5O3/c1-22-7-5-20-9-11-3-6-23-13(14(11)19-20)8-17-15(21)12-2-4-16-10-18-12/h2,4,9-10,13H,3,5-8H2,1H3,(H,17,21)/t13-/m1/s1. The van der Waals surface area contributed by atoms with Gasteiger partial charge in [0.1, 0.15) is 18.1 Å². The third-order valence-corrected chi connectivity index (χ3v) is 3.65. The van der Waals surface area contributed by atoms with Gasteiger partial charge >= 0.3 is 0 Å². The summed E-state index contributed by atoms with van der Waals surface area (Å²) in [5, 5.41) is 7.39. The van der Waals surface area contributed by atoms with Gasteiger partial charge in [-0.2, -0.15) is 5.10 Å². The minimum atomic E-state index is -0.248. The summed E-state index contributed by atoms with van der Waals surface area (Å²) in [5.41, 5.74) is 2.38. The van der Waals surface area contributed by atoms with E-state index in [2.05, 4.69) is 20.4 Å². The van der Waals surface area contributed by atoms with Crippen molar-refractivity contribution in [3.05, 3.63) is 41.7 Å². The average Bonchev–Trinajstić information content (AvgIpc) is 3.02. The van der Waals surface area contributed by atoms with Crippen LogP contribution in [0.2, 0.25) is 0 Å². The summed E-state index contributed by atoms with van der Waals surface area (Å²) < 4.78 is 12.7. The lowest BCUT2D eigenvalue weighted by Gasteiger charge is -2.22. The molecule has 0 saturated carbocycles. The van der Waals surface area contributed by atoms with Crippen molar-refractivity contribution in [2.45, 2.75) is 19.1 Å². The Labute approximate surface area is 133 Å². The smallest absolute Gasteiger partial charge is 0.270 e. The molecule has 0 aliphatic carbocycles. The molecule has 3 heterocycles. The van der Waals surface area contributed by atoms with E-state index in [0.717, 1.165) is 17.7 Å². The highest BCUT2D eigenvalue weighted by Gasteiger charge is 2.25. The van der Waals surface area contributed by atoms with Crippen molar-refractivity contribution in [3.63, 3.8) is 0 Å². The predicted molar refractivity (Wildman–Crippen MR) is 80.9 cm³/mol. The minimum absolute atomic E-state index is 0.242. The lowest BCUT2D eigenvalue weighted by atomic mass is 10.1. The number of aromatic nitrogens is 4. The minimum Gasteiger partial charge on any atom is -0.383 e. The predicted octanol–water partition coefficient (Wildman–Crippen LogP) is 0.363. The van der Waals surface area contributed by atoms with E-state index in [1.54, 1.807) is 13.2 Å². The van der Waals surface area contributed by atoms with E-state index in [4.69, 9.17) is 9.47 Å². The van der Waals surface area contributed by atoms with Crippen LogP contribution < -0.4 is 5.32 Å². The average molecular weight is 317 g/mol. The van der Waals surface area contributed by atoms with E-state index in [9.17, 15) is 4.79 Å². The van der Waals surface area contributed by atoms with Gasteiger partial charge in [0.15, 0.2) is 0 Å². The molecule has 0 saturated heterocycles. The molecular weight excluding hydrogens is 298 g/mol. The second kappa shape index (κ2) is 7.30.